The van der Waals surface area contributed by atoms with E-state index in [4.69, 9.17) is 9.26 Å². The van der Waals surface area contributed by atoms with Crippen LogP contribution in [0, 0.1) is 0 Å². The number of ketones is 1. The molecule has 1 saturated heterocycles. The average molecular weight is 270 g/mol. The highest BCUT2D eigenvalue weighted by atomic mass is 32.2. The van der Waals surface area contributed by atoms with Gasteiger partial charge in [-0.25, -0.2) is 0 Å². The molecule has 0 amide bonds. The number of Topliss-reactive ketones (excluding diaryl/α,β-unsaturated/α-hetero) is 1. The Morgan fingerprint density at radius 3 is 2.89 bits per heavy atom. The van der Waals surface area contributed by atoms with Gasteiger partial charge in [-0.3, -0.25) is 4.79 Å². The van der Waals surface area contributed by atoms with Gasteiger partial charge < -0.3 is 9.26 Å². The highest BCUT2D eigenvalue weighted by molar-refractivity contribution is 8.00. The fraction of sp³-hybridized carbons (Fsp3) is 0.750. The van der Waals surface area contributed by atoms with Gasteiger partial charge in [0.15, 0.2) is 5.78 Å². The van der Waals surface area contributed by atoms with Crippen molar-refractivity contribution in [3.05, 3.63) is 11.7 Å². The van der Waals surface area contributed by atoms with E-state index in [9.17, 15) is 4.79 Å². The van der Waals surface area contributed by atoms with Gasteiger partial charge in [-0.05, 0) is 20.3 Å². The predicted octanol–water partition coefficient (Wildman–Crippen LogP) is 2.13. The predicted molar refractivity (Wildman–Crippen MR) is 68.6 cm³/mol. The maximum absolute atomic E-state index is 11.6. The van der Waals surface area contributed by atoms with Crippen LogP contribution in [0.4, 0.5) is 0 Å². The van der Waals surface area contributed by atoms with Crippen LogP contribution in [0.3, 0.4) is 0 Å². The number of carbonyl (C=O) groups is 1. The summed E-state index contributed by atoms with van der Waals surface area (Å²) in [5.74, 6) is 2.17. The van der Waals surface area contributed by atoms with E-state index >= 15 is 0 Å². The first-order valence-corrected chi connectivity index (χ1v) is 7.34. The maximum Gasteiger partial charge on any atom is 0.238 e. The van der Waals surface area contributed by atoms with Crippen molar-refractivity contribution in [2.75, 3.05) is 18.1 Å². The smallest absolute Gasteiger partial charge is 0.238 e. The van der Waals surface area contributed by atoms with Gasteiger partial charge in [-0.15, -0.1) is 0 Å². The summed E-state index contributed by atoms with van der Waals surface area (Å²) in [4.78, 5) is 16.0. The van der Waals surface area contributed by atoms with Crippen molar-refractivity contribution in [3.8, 4) is 0 Å². The minimum Gasteiger partial charge on any atom is -0.367 e. The van der Waals surface area contributed by atoms with Crippen molar-refractivity contribution < 1.29 is 14.1 Å². The molecule has 0 aromatic carbocycles. The van der Waals surface area contributed by atoms with Crippen LogP contribution < -0.4 is 0 Å². The number of hydrogen-bond donors (Lipinski definition) is 0. The number of rotatable bonds is 5. The molecular formula is C12H18N2O3S. The first-order valence-electron chi connectivity index (χ1n) is 6.19. The first-order chi connectivity index (χ1) is 8.60. The lowest BCUT2D eigenvalue weighted by molar-refractivity contribution is -0.117. The number of carbonyl (C=O) groups excluding carboxylic acids is 1. The molecule has 100 valence electrons. The lowest BCUT2D eigenvalue weighted by Crippen LogP contribution is -2.26. The van der Waals surface area contributed by atoms with Crippen molar-refractivity contribution in [2.45, 2.75) is 38.7 Å². The highest BCUT2D eigenvalue weighted by Crippen LogP contribution is 2.31. The van der Waals surface area contributed by atoms with Crippen LogP contribution >= 0.6 is 11.8 Å². The van der Waals surface area contributed by atoms with E-state index < -0.39 is 5.60 Å². The van der Waals surface area contributed by atoms with Crippen LogP contribution in [-0.4, -0.2) is 34.0 Å². The molecule has 0 saturated carbocycles. The molecule has 2 rings (SSSR count). The zero-order chi connectivity index (χ0) is 13.2. The van der Waals surface area contributed by atoms with Gasteiger partial charge in [0, 0.05) is 12.4 Å². The summed E-state index contributed by atoms with van der Waals surface area (Å²) in [5, 5.41) is 3.98. The SMILES string of the molecule is CCOC(C)(CC)c1noc(C2CSCC2=O)n1. The Kier molecular flexibility index (Phi) is 4.07. The number of hydrogen-bond acceptors (Lipinski definition) is 6. The molecule has 6 heteroatoms. The molecule has 1 fully saturated rings. The molecule has 5 nitrogen and oxygen atoms in total. The molecule has 0 N–H and O–H groups in total. The summed E-state index contributed by atoms with van der Waals surface area (Å²) in [5.41, 5.74) is -0.536. The van der Waals surface area contributed by atoms with E-state index in [1.165, 1.54) is 0 Å². The first kappa shape index (κ1) is 13.5. The lowest BCUT2D eigenvalue weighted by atomic mass is 10.0. The molecule has 2 unspecified atom stereocenters. The average Bonchev–Trinajstić information content (AvgIpc) is 2.97. The normalized spacial score (nSPS) is 23.3. The monoisotopic (exact) mass is 270 g/mol. The third-order valence-corrected chi connectivity index (χ3v) is 4.33. The molecule has 1 aliphatic heterocycles. The number of aromatic nitrogens is 2. The Morgan fingerprint density at radius 2 is 2.33 bits per heavy atom. The molecule has 1 aromatic heterocycles. The van der Waals surface area contributed by atoms with Crippen LogP contribution in [0.2, 0.25) is 0 Å². The summed E-state index contributed by atoms with van der Waals surface area (Å²) < 4.78 is 10.9. The molecule has 18 heavy (non-hydrogen) atoms. The van der Waals surface area contributed by atoms with Crippen LogP contribution in [-0.2, 0) is 15.1 Å². The van der Waals surface area contributed by atoms with Crippen molar-refractivity contribution in [1.82, 2.24) is 10.1 Å². The van der Waals surface area contributed by atoms with Crippen molar-refractivity contribution in [1.29, 1.82) is 0 Å². The quantitative estimate of drug-likeness (QED) is 0.816. The second kappa shape index (κ2) is 5.40. The molecule has 0 bridgehead atoms. The fourth-order valence-corrected chi connectivity index (χ4v) is 3.00. The van der Waals surface area contributed by atoms with E-state index in [1.807, 2.05) is 20.8 Å². The third kappa shape index (κ3) is 2.44. The fourth-order valence-electron chi connectivity index (χ4n) is 1.91. The Hall–Kier alpha value is -0.880. The molecular weight excluding hydrogens is 252 g/mol. The van der Waals surface area contributed by atoms with Gasteiger partial charge in [0.25, 0.3) is 0 Å². The largest absolute Gasteiger partial charge is 0.367 e. The molecule has 0 aliphatic carbocycles. The number of thioether (sulfide) groups is 1. The molecule has 0 radical (unpaired) electrons. The number of nitrogens with zero attached hydrogens (tertiary/aromatic N) is 2. The summed E-state index contributed by atoms with van der Waals surface area (Å²) in [7, 11) is 0. The highest BCUT2D eigenvalue weighted by Gasteiger charge is 2.35. The van der Waals surface area contributed by atoms with Gasteiger partial charge in [0.2, 0.25) is 11.7 Å². The Bertz CT molecular complexity index is 435. The Labute approximate surface area is 111 Å². The topological polar surface area (TPSA) is 65.2 Å². The molecule has 2 atom stereocenters. The van der Waals surface area contributed by atoms with Crippen LogP contribution in [0.25, 0.3) is 0 Å². The van der Waals surface area contributed by atoms with Crippen LogP contribution in [0.5, 0.6) is 0 Å². The summed E-state index contributed by atoms with van der Waals surface area (Å²) >= 11 is 1.61. The standard InChI is InChI=1S/C12H18N2O3S/c1-4-12(3,16-5-2)11-13-10(17-14-11)8-6-18-7-9(8)15/h8H,4-7H2,1-3H3. The Balaban J connectivity index is 2.21. The van der Waals surface area contributed by atoms with Gasteiger partial charge in [-0.1, -0.05) is 12.1 Å². The van der Waals surface area contributed by atoms with Gasteiger partial charge in [-0.2, -0.15) is 16.7 Å². The summed E-state index contributed by atoms with van der Waals surface area (Å²) in [6.07, 6.45) is 0.757. The van der Waals surface area contributed by atoms with Crippen molar-refractivity contribution in [3.63, 3.8) is 0 Å². The number of ether oxygens (including phenoxy) is 1. The zero-order valence-corrected chi connectivity index (χ0v) is 11.7. The zero-order valence-electron chi connectivity index (χ0n) is 10.9. The molecule has 2 heterocycles. The molecule has 1 aromatic rings. The summed E-state index contributed by atoms with van der Waals surface area (Å²) in [6, 6.07) is 0. The van der Waals surface area contributed by atoms with Gasteiger partial charge >= 0.3 is 0 Å². The molecule has 0 spiro atoms. The second-order valence-corrected chi connectivity index (χ2v) is 5.54. The van der Waals surface area contributed by atoms with Crippen molar-refractivity contribution >= 4 is 17.5 Å². The molecule has 1 aliphatic rings. The van der Waals surface area contributed by atoms with E-state index in [0.29, 0.717) is 24.1 Å². The van der Waals surface area contributed by atoms with Crippen LogP contribution in [0.15, 0.2) is 4.52 Å². The van der Waals surface area contributed by atoms with Crippen LogP contribution in [0.1, 0.15) is 44.8 Å². The van der Waals surface area contributed by atoms with Crippen molar-refractivity contribution in [2.24, 2.45) is 0 Å². The van der Waals surface area contributed by atoms with E-state index in [-0.39, 0.29) is 11.7 Å². The summed E-state index contributed by atoms with van der Waals surface area (Å²) in [6.45, 7) is 6.48. The lowest BCUT2D eigenvalue weighted by Gasteiger charge is -2.23. The van der Waals surface area contributed by atoms with Gasteiger partial charge in [0.1, 0.15) is 11.5 Å². The second-order valence-electron chi connectivity index (χ2n) is 4.51. The minimum atomic E-state index is -0.536. The Morgan fingerprint density at radius 1 is 1.56 bits per heavy atom. The maximum atomic E-state index is 11.6. The minimum absolute atomic E-state index is 0.171. The van der Waals surface area contributed by atoms with E-state index in [1.54, 1.807) is 11.8 Å². The van der Waals surface area contributed by atoms with Gasteiger partial charge in [0.05, 0.1) is 5.75 Å². The van der Waals surface area contributed by atoms with E-state index in [2.05, 4.69) is 10.1 Å². The van der Waals surface area contributed by atoms with E-state index in [0.717, 1.165) is 12.2 Å². The third-order valence-electron chi connectivity index (χ3n) is 3.27.